The Kier molecular flexibility index (Phi) is 4.54. The Morgan fingerprint density at radius 3 is 2.58 bits per heavy atom. The summed E-state index contributed by atoms with van der Waals surface area (Å²) in [5.74, 6) is -1.73. The number of aromatic nitrogens is 1. The van der Waals surface area contributed by atoms with Crippen molar-refractivity contribution in [1.82, 2.24) is 4.98 Å². The molecule has 0 saturated heterocycles. The van der Waals surface area contributed by atoms with E-state index in [4.69, 9.17) is 11.5 Å². The molecule has 6 nitrogen and oxygen atoms in total. The van der Waals surface area contributed by atoms with Gasteiger partial charge in [0.2, 0.25) is 0 Å². The van der Waals surface area contributed by atoms with Crippen LogP contribution in [0.25, 0.3) is 0 Å². The molecule has 4 N–H and O–H groups in total. The topological polar surface area (TPSA) is 100 Å². The Morgan fingerprint density at radius 2 is 2.11 bits per heavy atom. The number of anilines is 1. The summed E-state index contributed by atoms with van der Waals surface area (Å²) in [4.78, 5) is 14.7. The Morgan fingerprint density at radius 1 is 1.47 bits per heavy atom. The number of nitrogen functional groups attached to an aromatic ring is 1. The van der Waals surface area contributed by atoms with Gasteiger partial charge in [0.15, 0.2) is 11.6 Å². The third kappa shape index (κ3) is 4.28. The highest BCUT2D eigenvalue weighted by atomic mass is 19.4. The molecule has 0 bridgehead atoms. The maximum atomic E-state index is 12.2. The summed E-state index contributed by atoms with van der Waals surface area (Å²) in [7, 11) is 1.18. The summed E-state index contributed by atoms with van der Waals surface area (Å²) in [6.07, 6.45) is -5.12. The van der Waals surface area contributed by atoms with Crippen LogP contribution in [0.1, 0.15) is 11.3 Å². The molecule has 1 aromatic rings. The highest BCUT2D eigenvalue weighted by molar-refractivity contribution is 5.72. The zero-order valence-electron chi connectivity index (χ0n) is 9.95. The first-order chi connectivity index (χ1) is 8.76. The van der Waals surface area contributed by atoms with E-state index in [1.807, 2.05) is 0 Å². The molecule has 0 aromatic carbocycles. The van der Waals surface area contributed by atoms with E-state index in [2.05, 4.69) is 14.5 Å². The van der Waals surface area contributed by atoms with E-state index in [0.29, 0.717) is 0 Å². The van der Waals surface area contributed by atoms with Crippen molar-refractivity contribution < 1.29 is 27.4 Å². The van der Waals surface area contributed by atoms with Crippen LogP contribution in [0.5, 0.6) is 5.75 Å². The summed E-state index contributed by atoms with van der Waals surface area (Å²) >= 11 is 0. The van der Waals surface area contributed by atoms with Gasteiger partial charge in [0.25, 0.3) is 0 Å². The fraction of sp³-hybridized carbons (Fsp3) is 0.400. The van der Waals surface area contributed by atoms with Crippen molar-refractivity contribution in [2.24, 2.45) is 5.73 Å². The Bertz CT molecular complexity index is 477. The lowest BCUT2D eigenvalue weighted by molar-refractivity contribution is -0.274. The molecule has 106 valence electrons. The van der Waals surface area contributed by atoms with E-state index in [1.165, 1.54) is 13.2 Å². The SMILES string of the molecule is COC(=O)Cc1cc(CN)c(OC(F)(F)F)c(N)n1. The third-order valence-corrected chi connectivity index (χ3v) is 2.12. The van der Waals surface area contributed by atoms with Crippen molar-refractivity contribution in [3.05, 3.63) is 17.3 Å². The van der Waals surface area contributed by atoms with E-state index in [0.717, 1.165) is 0 Å². The maximum absolute atomic E-state index is 12.2. The van der Waals surface area contributed by atoms with Crippen LogP contribution in [0.2, 0.25) is 0 Å². The number of nitrogens with two attached hydrogens (primary N) is 2. The van der Waals surface area contributed by atoms with Crippen molar-refractivity contribution in [3.63, 3.8) is 0 Å². The number of halogens is 3. The molecule has 0 spiro atoms. The number of nitrogens with zero attached hydrogens (tertiary/aromatic N) is 1. The van der Waals surface area contributed by atoms with Gasteiger partial charge in [-0.3, -0.25) is 4.79 Å². The number of alkyl halides is 3. The predicted molar refractivity (Wildman–Crippen MR) is 58.9 cm³/mol. The number of rotatable bonds is 4. The van der Waals surface area contributed by atoms with Gasteiger partial charge in [-0.25, -0.2) is 4.98 Å². The van der Waals surface area contributed by atoms with Gasteiger partial charge in [0, 0.05) is 12.1 Å². The number of hydrogen-bond donors (Lipinski definition) is 2. The van der Waals surface area contributed by atoms with Crippen molar-refractivity contribution >= 4 is 11.8 Å². The molecule has 0 saturated carbocycles. The van der Waals surface area contributed by atoms with Gasteiger partial charge in [-0.05, 0) is 6.07 Å². The molecule has 0 amide bonds. The predicted octanol–water partition coefficient (Wildman–Crippen LogP) is 0.737. The van der Waals surface area contributed by atoms with E-state index in [-0.39, 0.29) is 24.2 Å². The average Bonchev–Trinajstić information content (AvgIpc) is 2.30. The first-order valence-electron chi connectivity index (χ1n) is 5.07. The fourth-order valence-corrected chi connectivity index (χ4v) is 1.36. The van der Waals surface area contributed by atoms with Crippen molar-refractivity contribution in [2.75, 3.05) is 12.8 Å². The molecule has 0 unspecified atom stereocenters. The molecule has 0 aliphatic rings. The second kappa shape index (κ2) is 5.74. The van der Waals surface area contributed by atoms with Crippen LogP contribution in [0, 0.1) is 0 Å². The standard InChI is InChI=1S/C10H12F3N3O3/c1-18-7(17)3-6-2-5(4-14)8(9(15)16-6)19-10(11,12)13/h2H,3-4,14H2,1H3,(H2,15,16). The van der Waals surface area contributed by atoms with Crippen molar-refractivity contribution in [1.29, 1.82) is 0 Å². The molecule has 9 heteroatoms. The van der Waals surface area contributed by atoms with Gasteiger partial charge in [0.1, 0.15) is 0 Å². The number of pyridine rings is 1. The number of carbonyl (C=O) groups excluding carboxylic acids is 1. The van der Waals surface area contributed by atoms with Crippen LogP contribution < -0.4 is 16.2 Å². The van der Waals surface area contributed by atoms with Crippen LogP contribution in [-0.4, -0.2) is 24.4 Å². The number of esters is 1. The average molecular weight is 279 g/mol. The minimum Gasteiger partial charge on any atom is -0.469 e. The highest BCUT2D eigenvalue weighted by Crippen LogP contribution is 2.31. The Labute approximate surface area is 106 Å². The Balaban J connectivity index is 3.11. The van der Waals surface area contributed by atoms with Gasteiger partial charge >= 0.3 is 12.3 Å². The van der Waals surface area contributed by atoms with Crippen LogP contribution in [-0.2, 0) is 22.5 Å². The number of ether oxygens (including phenoxy) is 2. The zero-order valence-corrected chi connectivity index (χ0v) is 9.95. The zero-order chi connectivity index (χ0) is 14.6. The summed E-state index contributed by atoms with van der Waals surface area (Å²) in [6, 6.07) is 1.22. The lowest BCUT2D eigenvalue weighted by Crippen LogP contribution is -2.21. The van der Waals surface area contributed by atoms with Crippen LogP contribution in [0.15, 0.2) is 6.07 Å². The molecular formula is C10H12F3N3O3. The molecule has 0 aliphatic carbocycles. The third-order valence-electron chi connectivity index (χ3n) is 2.12. The highest BCUT2D eigenvalue weighted by Gasteiger charge is 2.33. The normalized spacial score (nSPS) is 11.2. The van der Waals surface area contributed by atoms with Crippen molar-refractivity contribution in [2.45, 2.75) is 19.3 Å². The minimum absolute atomic E-state index is 0.00345. The molecule has 0 fully saturated rings. The molecule has 1 heterocycles. The quantitative estimate of drug-likeness (QED) is 0.788. The lowest BCUT2D eigenvalue weighted by atomic mass is 10.1. The van der Waals surface area contributed by atoms with Gasteiger partial charge in [-0.2, -0.15) is 0 Å². The van der Waals surface area contributed by atoms with Crippen LogP contribution >= 0.6 is 0 Å². The molecule has 0 aliphatic heterocycles. The molecule has 0 atom stereocenters. The molecule has 19 heavy (non-hydrogen) atoms. The first kappa shape index (κ1) is 15.0. The van der Waals surface area contributed by atoms with Crippen LogP contribution in [0.3, 0.4) is 0 Å². The number of hydrogen-bond acceptors (Lipinski definition) is 6. The van der Waals surface area contributed by atoms with Crippen LogP contribution in [0.4, 0.5) is 19.0 Å². The molecule has 1 aromatic heterocycles. The van der Waals surface area contributed by atoms with Gasteiger partial charge < -0.3 is 20.9 Å². The largest absolute Gasteiger partial charge is 0.573 e. The first-order valence-corrected chi connectivity index (χ1v) is 5.07. The van der Waals surface area contributed by atoms with E-state index < -0.39 is 23.9 Å². The second-order valence-corrected chi connectivity index (χ2v) is 3.49. The smallest absolute Gasteiger partial charge is 0.469 e. The molecule has 1 rings (SSSR count). The monoisotopic (exact) mass is 279 g/mol. The Hall–Kier alpha value is -2.03. The molecular weight excluding hydrogens is 267 g/mol. The lowest BCUT2D eigenvalue weighted by Gasteiger charge is -2.15. The van der Waals surface area contributed by atoms with Gasteiger partial charge in [0.05, 0.1) is 19.2 Å². The van der Waals surface area contributed by atoms with E-state index in [9.17, 15) is 18.0 Å². The van der Waals surface area contributed by atoms with Crippen molar-refractivity contribution in [3.8, 4) is 5.75 Å². The van der Waals surface area contributed by atoms with E-state index in [1.54, 1.807) is 0 Å². The minimum atomic E-state index is -4.90. The summed E-state index contributed by atoms with van der Waals surface area (Å²) in [5, 5.41) is 0. The van der Waals surface area contributed by atoms with Gasteiger partial charge in [-0.1, -0.05) is 0 Å². The van der Waals surface area contributed by atoms with E-state index >= 15 is 0 Å². The fourth-order valence-electron chi connectivity index (χ4n) is 1.36. The summed E-state index contributed by atoms with van der Waals surface area (Å²) in [6.45, 7) is -0.244. The number of methoxy groups -OCH3 is 1. The summed E-state index contributed by atoms with van der Waals surface area (Å²) < 4.78 is 44.7. The number of carbonyl (C=O) groups is 1. The maximum Gasteiger partial charge on any atom is 0.573 e. The summed E-state index contributed by atoms with van der Waals surface area (Å²) in [5.41, 5.74) is 10.9. The molecule has 0 radical (unpaired) electrons. The van der Waals surface area contributed by atoms with Gasteiger partial charge in [-0.15, -0.1) is 13.2 Å². The second-order valence-electron chi connectivity index (χ2n) is 3.49.